The van der Waals surface area contributed by atoms with E-state index in [4.69, 9.17) is 10.5 Å². The molecule has 1 amide bonds. The van der Waals surface area contributed by atoms with Crippen molar-refractivity contribution in [2.75, 3.05) is 32.8 Å². The number of carbonyl (C=O) groups excluding carboxylic acids is 1. The standard InChI is InChI=1S/C9H19N3O2/c1-8(7-10)6-9(13)11-12-2-4-14-5-3-12/h8H,2-7,10H2,1H3,(H,11,13). The van der Waals surface area contributed by atoms with Crippen molar-refractivity contribution in [3.05, 3.63) is 0 Å². The molecule has 0 bridgehead atoms. The zero-order valence-corrected chi connectivity index (χ0v) is 8.66. The summed E-state index contributed by atoms with van der Waals surface area (Å²) in [6.07, 6.45) is 0.494. The number of amides is 1. The van der Waals surface area contributed by atoms with Crippen molar-refractivity contribution in [1.29, 1.82) is 0 Å². The number of nitrogens with one attached hydrogen (secondary N) is 1. The van der Waals surface area contributed by atoms with Crippen LogP contribution in [0.25, 0.3) is 0 Å². The second-order valence-electron chi connectivity index (χ2n) is 3.68. The molecule has 0 aromatic heterocycles. The topological polar surface area (TPSA) is 67.6 Å². The monoisotopic (exact) mass is 201 g/mol. The molecular formula is C9H19N3O2. The molecule has 0 spiro atoms. The molecule has 5 nitrogen and oxygen atoms in total. The summed E-state index contributed by atoms with van der Waals surface area (Å²) in [5.41, 5.74) is 8.28. The Balaban J connectivity index is 2.18. The Bertz CT molecular complexity index is 181. The molecular weight excluding hydrogens is 182 g/mol. The molecule has 1 aliphatic rings. The summed E-state index contributed by atoms with van der Waals surface area (Å²) in [6, 6.07) is 0. The van der Waals surface area contributed by atoms with E-state index in [9.17, 15) is 4.79 Å². The Hall–Kier alpha value is -0.650. The molecule has 0 aromatic carbocycles. The average molecular weight is 201 g/mol. The van der Waals surface area contributed by atoms with Gasteiger partial charge in [0.25, 0.3) is 0 Å². The van der Waals surface area contributed by atoms with Gasteiger partial charge in [0, 0.05) is 19.5 Å². The third-order valence-corrected chi connectivity index (χ3v) is 2.23. The first-order valence-corrected chi connectivity index (χ1v) is 5.04. The molecule has 14 heavy (non-hydrogen) atoms. The van der Waals surface area contributed by atoms with Crippen molar-refractivity contribution >= 4 is 5.91 Å². The SMILES string of the molecule is CC(CN)CC(=O)NN1CCOCC1. The van der Waals surface area contributed by atoms with Crippen molar-refractivity contribution in [2.45, 2.75) is 13.3 Å². The largest absolute Gasteiger partial charge is 0.379 e. The van der Waals surface area contributed by atoms with Crippen LogP contribution in [0.15, 0.2) is 0 Å². The van der Waals surface area contributed by atoms with E-state index < -0.39 is 0 Å². The third-order valence-electron chi connectivity index (χ3n) is 2.23. The number of ether oxygens (including phenoxy) is 1. The van der Waals surface area contributed by atoms with Crippen molar-refractivity contribution in [2.24, 2.45) is 11.7 Å². The predicted molar refractivity (Wildman–Crippen MR) is 53.4 cm³/mol. The summed E-state index contributed by atoms with van der Waals surface area (Å²) in [7, 11) is 0. The summed E-state index contributed by atoms with van der Waals surface area (Å²) in [6.45, 7) is 5.43. The van der Waals surface area contributed by atoms with Crippen molar-refractivity contribution in [1.82, 2.24) is 10.4 Å². The Kier molecular flexibility index (Phi) is 4.86. The molecule has 1 atom stereocenters. The first-order chi connectivity index (χ1) is 6.72. The maximum absolute atomic E-state index is 11.4. The molecule has 1 fully saturated rings. The van der Waals surface area contributed by atoms with E-state index >= 15 is 0 Å². The van der Waals surface area contributed by atoms with Crippen molar-refractivity contribution in [3.8, 4) is 0 Å². The highest BCUT2D eigenvalue weighted by molar-refractivity contribution is 5.75. The first-order valence-electron chi connectivity index (χ1n) is 5.04. The van der Waals surface area contributed by atoms with Crippen LogP contribution in [-0.4, -0.2) is 43.8 Å². The molecule has 0 saturated carbocycles. The zero-order chi connectivity index (χ0) is 10.4. The fourth-order valence-corrected chi connectivity index (χ4v) is 1.30. The first kappa shape index (κ1) is 11.4. The van der Waals surface area contributed by atoms with Crippen molar-refractivity contribution < 1.29 is 9.53 Å². The quantitative estimate of drug-likeness (QED) is 0.633. The fourth-order valence-electron chi connectivity index (χ4n) is 1.30. The number of nitrogens with two attached hydrogens (primary N) is 1. The highest BCUT2D eigenvalue weighted by Gasteiger charge is 2.14. The number of hydrazine groups is 1. The van der Waals surface area contributed by atoms with Crippen LogP contribution in [0.2, 0.25) is 0 Å². The smallest absolute Gasteiger partial charge is 0.234 e. The molecule has 5 heteroatoms. The van der Waals surface area contributed by atoms with E-state index in [-0.39, 0.29) is 11.8 Å². The zero-order valence-electron chi connectivity index (χ0n) is 8.66. The highest BCUT2D eigenvalue weighted by atomic mass is 16.5. The minimum Gasteiger partial charge on any atom is -0.379 e. The van der Waals surface area contributed by atoms with Gasteiger partial charge < -0.3 is 10.5 Å². The Morgan fingerprint density at radius 3 is 2.79 bits per heavy atom. The van der Waals surface area contributed by atoms with E-state index in [1.54, 1.807) is 0 Å². The maximum atomic E-state index is 11.4. The molecule has 0 aromatic rings. The van der Waals surface area contributed by atoms with Crippen molar-refractivity contribution in [3.63, 3.8) is 0 Å². The number of morpholine rings is 1. The van der Waals surface area contributed by atoms with Gasteiger partial charge in [-0.15, -0.1) is 0 Å². The average Bonchev–Trinajstić information content (AvgIpc) is 2.19. The Morgan fingerprint density at radius 2 is 2.21 bits per heavy atom. The lowest BCUT2D eigenvalue weighted by atomic mass is 10.1. The number of nitrogens with zero attached hydrogens (tertiary/aromatic N) is 1. The number of hydrogen-bond donors (Lipinski definition) is 2. The summed E-state index contributed by atoms with van der Waals surface area (Å²) < 4.78 is 5.17. The lowest BCUT2D eigenvalue weighted by molar-refractivity contribution is -0.128. The van der Waals surface area contributed by atoms with Crippen LogP contribution >= 0.6 is 0 Å². The molecule has 0 radical (unpaired) electrons. The Labute approximate surface area is 84.5 Å². The fraction of sp³-hybridized carbons (Fsp3) is 0.889. The highest BCUT2D eigenvalue weighted by Crippen LogP contribution is 1.99. The maximum Gasteiger partial charge on any atom is 0.234 e. The summed E-state index contributed by atoms with van der Waals surface area (Å²) in [5, 5.41) is 1.90. The van der Waals surface area contributed by atoms with Crippen LogP contribution in [0.3, 0.4) is 0 Å². The number of rotatable bonds is 4. The van der Waals surface area contributed by atoms with Crippen LogP contribution in [0.4, 0.5) is 0 Å². The van der Waals surface area contributed by atoms with E-state index in [0.29, 0.717) is 26.2 Å². The van der Waals surface area contributed by atoms with Gasteiger partial charge in [0.1, 0.15) is 0 Å². The van der Waals surface area contributed by atoms with Gasteiger partial charge in [-0.05, 0) is 12.5 Å². The minimum atomic E-state index is 0.0462. The van der Waals surface area contributed by atoms with E-state index in [0.717, 1.165) is 13.1 Å². The van der Waals surface area contributed by atoms with Gasteiger partial charge in [-0.1, -0.05) is 6.92 Å². The van der Waals surface area contributed by atoms with Gasteiger partial charge >= 0.3 is 0 Å². The molecule has 1 rings (SSSR count). The van der Waals surface area contributed by atoms with Crippen LogP contribution in [0, 0.1) is 5.92 Å². The van der Waals surface area contributed by atoms with Gasteiger partial charge in [0.2, 0.25) is 5.91 Å². The second-order valence-corrected chi connectivity index (χ2v) is 3.68. The predicted octanol–water partition coefficient (Wildman–Crippen LogP) is -0.665. The molecule has 1 aliphatic heterocycles. The van der Waals surface area contributed by atoms with Crippen LogP contribution in [0.1, 0.15) is 13.3 Å². The van der Waals surface area contributed by atoms with Gasteiger partial charge in [0.15, 0.2) is 0 Å². The van der Waals surface area contributed by atoms with Crippen LogP contribution < -0.4 is 11.2 Å². The molecule has 82 valence electrons. The lowest BCUT2D eigenvalue weighted by Gasteiger charge is -2.27. The number of hydrogen-bond acceptors (Lipinski definition) is 4. The lowest BCUT2D eigenvalue weighted by Crippen LogP contribution is -2.48. The summed E-state index contributed by atoms with van der Waals surface area (Å²) in [4.78, 5) is 11.4. The van der Waals surface area contributed by atoms with E-state index in [1.807, 2.05) is 11.9 Å². The number of carbonyl (C=O) groups is 1. The normalized spacial score (nSPS) is 20.4. The van der Waals surface area contributed by atoms with E-state index in [1.165, 1.54) is 0 Å². The van der Waals surface area contributed by atoms with Gasteiger partial charge in [0.05, 0.1) is 13.2 Å². The summed E-state index contributed by atoms with van der Waals surface area (Å²) >= 11 is 0. The van der Waals surface area contributed by atoms with Crippen LogP contribution in [0.5, 0.6) is 0 Å². The molecule has 0 aliphatic carbocycles. The molecule has 1 heterocycles. The molecule has 1 unspecified atom stereocenters. The molecule has 1 saturated heterocycles. The third kappa shape index (κ3) is 4.04. The van der Waals surface area contributed by atoms with E-state index in [2.05, 4.69) is 5.43 Å². The van der Waals surface area contributed by atoms with Gasteiger partial charge in [-0.25, -0.2) is 5.01 Å². The Morgan fingerprint density at radius 1 is 1.57 bits per heavy atom. The second kappa shape index (κ2) is 5.95. The summed E-state index contributed by atoms with van der Waals surface area (Å²) in [5.74, 6) is 0.292. The van der Waals surface area contributed by atoms with Gasteiger partial charge in [-0.2, -0.15) is 0 Å². The minimum absolute atomic E-state index is 0.0462. The molecule has 3 N–H and O–H groups in total. The van der Waals surface area contributed by atoms with Gasteiger partial charge in [-0.3, -0.25) is 10.2 Å². The van der Waals surface area contributed by atoms with Crippen LogP contribution in [-0.2, 0) is 9.53 Å².